The van der Waals surface area contributed by atoms with Gasteiger partial charge in [-0.3, -0.25) is 0 Å². The standard InChI is InChI=1S/C18H22O3/c1-18(2,14-8-6-5-7-9-14)17(19)13-10-15(20-3)12-16(11-13)21-4/h5-12,17,19H,1-4H3. The second kappa shape index (κ2) is 6.19. The van der Waals surface area contributed by atoms with Crippen molar-refractivity contribution in [3.63, 3.8) is 0 Å². The molecule has 0 aliphatic carbocycles. The molecular formula is C18H22O3. The maximum absolute atomic E-state index is 10.8. The van der Waals surface area contributed by atoms with Crippen molar-refractivity contribution < 1.29 is 14.6 Å². The molecule has 0 fully saturated rings. The van der Waals surface area contributed by atoms with Crippen molar-refractivity contribution in [1.29, 1.82) is 0 Å². The highest BCUT2D eigenvalue weighted by atomic mass is 16.5. The van der Waals surface area contributed by atoms with E-state index >= 15 is 0 Å². The predicted molar refractivity (Wildman–Crippen MR) is 84.0 cm³/mol. The molecule has 1 unspecified atom stereocenters. The molecule has 0 spiro atoms. The van der Waals surface area contributed by atoms with E-state index in [-0.39, 0.29) is 0 Å². The van der Waals surface area contributed by atoms with E-state index in [0.29, 0.717) is 11.5 Å². The average molecular weight is 286 g/mol. The molecule has 0 aromatic heterocycles. The minimum absolute atomic E-state index is 0.418. The molecule has 0 amide bonds. The van der Waals surface area contributed by atoms with Crippen molar-refractivity contribution in [1.82, 2.24) is 0 Å². The third-order valence-electron chi connectivity index (χ3n) is 3.89. The molecule has 0 bridgehead atoms. The zero-order valence-electron chi connectivity index (χ0n) is 13.0. The summed E-state index contributed by atoms with van der Waals surface area (Å²) in [6.07, 6.45) is -0.663. The van der Waals surface area contributed by atoms with Crippen molar-refractivity contribution in [2.45, 2.75) is 25.4 Å². The summed E-state index contributed by atoms with van der Waals surface area (Å²) in [5.41, 5.74) is 1.44. The number of benzene rings is 2. The number of hydrogen-bond donors (Lipinski definition) is 1. The van der Waals surface area contributed by atoms with Crippen LogP contribution in [-0.4, -0.2) is 19.3 Å². The van der Waals surface area contributed by atoms with Gasteiger partial charge in [-0.15, -0.1) is 0 Å². The van der Waals surface area contributed by atoms with Gasteiger partial charge in [0.25, 0.3) is 0 Å². The van der Waals surface area contributed by atoms with E-state index in [0.717, 1.165) is 11.1 Å². The van der Waals surface area contributed by atoms with Crippen LogP contribution in [0.2, 0.25) is 0 Å². The van der Waals surface area contributed by atoms with Crippen molar-refractivity contribution in [3.8, 4) is 11.5 Å². The van der Waals surface area contributed by atoms with E-state index in [1.54, 1.807) is 20.3 Å². The van der Waals surface area contributed by atoms with Crippen LogP contribution < -0.4 is 9.47 Å². The van der Waals surface area contributed by atoms with Crippen LogP contribution in [0, 0.1) is 0 Å². The summed E-state index contributed by atoms with van der Waals surface area (Å²) >= 11 is 0. The molecule has 112 valence electrons. The summed E-state index contributed by atoms with van der Waals surface area (Å²) in [5, 5.41) is 10.8. The summed E-state index contributed by atoms with van der Waals surface area (Å²) in [6.45, 7) is 4.05. The number of aliphatic hydroxyl groups is 1. The van der Waals surface area contributed by atoms with Gasteiger partial charge in [-0.25, -0.2) is 0 Å². The van der Waals surface area contributed by atoms with Crippen LogP contribution in [0.4, 0.5) is 0 Å². The second-order valence-electron chi connectivity index (χ2n) is 5.64. The number of ether oxygens (including phenoxy) is 2. The molecule has 0 heterocycles. The van der Waals surface area contributed by atoms with Crippen molar-refractivity contribution in [3.05, 3.63) is 59.7 Å². The van der Waals surface area contributed by atoms with Gasteiger partial charge < -0.3 is 14.6 Å². The van der Waals surface area contributed by atoms with Crippen molar-refractivity contribution >= 4 is 0 Å². The van der Waals surface area contributed by atoms with Crippen LogP contribution in [0.1, 0.15) is 31.1 Å². The first-order valence-corrected chi connectivity index (χ1v) is 6.95. The van der Waals surface area contributed by atoms with E-state index < -0.39 is 11.5 Å². The van der Waals surface area contributed by atoms with Crippen LogP contribution in [0.25, 0.3) is 0 Å². The van der Waals surface area contributed by atoms with Gasteiger partial charge in [-0.2, -0.15) is 0 Å². The Labute approximate surface area is 126 Å². The fraction of sp³-hybridized carbons (Fsp3) is 0.333. The summed E-state index contributed by atoms with van der Waals surface area (Å²) in [4.78, 5) is 0. The summed E-state index contributed by atoms with van der Waals surface area (Å²) in [5.74, 6) is 1.35. The van der Waals surface area contributed by atoms with Gasteiger partial charge in [0.2, 0.25) is 0 Å². The third kappa shape index (κ3) is 3.19. The number of rotatable bonds is 5. The molecule has 1 atom stereocenters. The highest BCUT2D eigenvalue weighted by Crippen LogP contribution is 2.39. The molecule has 0 radical (unpaired) electrons. The zero-order chi connectivity index (χ0) is 15.5. The minimum Gasteiger partial charge on any atom is -0.497 e. The minimum atomic E-state index is -0.663. The van der Waals surface area contributed by atoms with E-state index in [2.05, 4.69) is 0 Å². The fourth-order valence-corrected chi connectivity index (χ4v) is 2.43. The molecular weight excluding hydrogens is 264 g/mol. The summed E-state index contributed by atoms with van der Waals surface area (Å²) in [7, 11) is 3.21. The lowest BCUT2D eigenvalue weighted by Gasteiger charge is -2.31. The molecule has 3 nitrogen and oxygen atoms in total. The van der Waals surface area contributed by atoms with Crippen LogP contribution in [-0.2, 0) is 5.41 Å². The Morgan fingerprint density at radius 1 is 0.905 bits per heavy atom. The first kappa shape index (κ1) is 15.4. The highest BCUT2D eigenvalue weighted by molar-refractivity contribution is 5.41. The zero-order valence-corrected chi connectivity index (χ0v) is 13.0. The molecule has 2 aromatic rings. The Morgan fingerprint density at radius 2 is 1.43 bits per heavy atom. The fourth-order valence-electron chi connectivity index (χ4n) is 2.43. The lowest BCUT2D eigenvalue weighted by Crippen LogP contribution is -2.26. The molecule has 1 N–H and O–H groups in total. The molecule has 2 aromatic carbocycles. The van der Waals surface area contributed by atoms with Gasteiger partial charge in [0, 0.05) is 11.5 Å². The highest BCUT2D eigenvalue weighted by Gasteiger charge is 2.31. The molecule has 0 aliphatic rings. The lowest BCUT2D eigenvalue weighted by molar-refractivity contribution is 0.0997. The monoisotopic (exact) mass is 286 g/mol. The molecule has 2 rings (SSSR count). The Hall–Kier alpha value is -2.00. The van der Waals surface area contributed by atoms with Gasteiger partial charge in [-0.05, 0) is 23.3 Å². The van der Waals surface area contributed by atoms with E-state index in [1.165, 1.54) is 0 Å². The molecule has 21 heavy (non-hydrogen) atoms. The average Bonchev–Trinajstić information content (AvgIpc) is 2.54. The number of methoxy groups -OCH3 is 2. The normalized spacial score (nSPS) is 12.8. The largest absolute Gasteiger partial charge is 0.497 e. The van der Waals surface area contributed by atoms with Gasteiger partial charge in [-0.1, -0.05) is 44.2 Å². The molecule has 0 saturated heterocycles. The van der Waals surface area contributed by atoms with Crippen LogP contribution in [0.5, 0.6) is 11.5 Å². The Balaban J connectivity index is 2.41. The van der Waals surface area contributed by atoms with Gasteiger partial charge in [0.1, 0.15) is 11.5 Å². The molecule has 0 saturated carbocycles. The first-order chi connectivity index (χ1) is 9.98. The van der Waals surface area contributed by atoms with E-state index in [9.17, 15) is 5.11 Å². The lowest BCUT2D eigenvalue weighted by atomic mass is 9.76. The second-order valence-corrected chi connectivity index (χ2v) is 5.64. The molecule has 0 aliphatic heterocycles. The maximum atomic E-state index is 10.8. The summed E-state index contributed by atoms with van der Waals surface area (Å²) < 4.78 is 10.5. The number of aliphatic hydroxyl groups excluding tert-OH is 1. The smallest absolute Gasteiger partial charge is 0.122 e. The van der Waals surface area contributed by atoms with Crippen molar-refractivity contribution in [2.75, 3.05) is 14.2 Å². The van der Waals surface area contributed by atoms with Gasteiger partial charge in [0.05, 0.1) is 20.3 Å². The molecule has 3 heteroatoms. The first-order valence-electron chi connectivity index (χ1n) is 6.95. The maximum Gasteiger partial charge on any atom is 0.122 e. The van der Waals surface area contributed by atoms with Gasteiger partial charge in [0.15, 0.2) is 0 Å². The van der Waals surface area contributed by atoms with Gasteiger partial charge >= 0.3 is 0 Å². The van der Waals surface area contributed by atoms with E-state index in [1.807, 2.05) is 56.3 Å². The Kier molecular flexibility index (Phi) is 4.53. The van der Waals surface area contributed by atoms with Crippen LogP contribution >= 0.6 is 0 Å². The Morgan fingerprint density at radius 3 is 1.90 bits per heavy atom. The van der Waals surface area contributed by atoms with E-state index in [4.69, 9.17) is 9.47 Å². The summed E-state index contributed by atoms with van der Waals surface area (Å²) in [6, 6.07) is 15.5. The SMILES string of the molecule is COc1cc(OC)cc(C(O)C(C)(C)c2ccccc2)c1. The Bertz CT molecular complexity index is 568. The topological polar surface area (TPSA) is 38.7 Å². The van der Waals surface area contributed by atoms with Crippen molar-refractivity contribution in [2.24, 2.45) is 0 Å². The third-order valence-corrected chi connectivity index (χ3v) is 3.89. The predicted octanol–water partition coefficient (Wildman–Crippen LogP) is 3.72. The van der Waals surface area contributed by atoms with Crippen LogP contribution in [0.15, 0.2) is 48.5 Å². The van der Waals surface area contributed by atoms with Crippen LogP contribution in [0.3, 0.4) is 0 Å². The quantitative estimate of drug-likeness (QED) is 0.910. The number of hydrogen-bond acceptors (Lipinski definition) is 3.